The number of fused-ring (bicyclic) bond motifs is 1. The zero-order valence-electron chi connectivity index (χ0n) is 7.19. The lowest BCUT2D eigenvalue weighted by atomic mass is 10.1. The minimum Gasteiger partial charge on any atom is -0.436 e. The van der Waals surface area contributed by atoms with Gasteiger partial charge in [0.25, 0.3) is 0 Å². The number of hydrogen-bond donors (Lipinski definition) is 0. The van der Waals surface area contributed by atoms with Crippen LogP contribution in [0.25, 0.3) is 0 Å². The summed E-state index contributed by atoms with van der Waals surface area (Å²) in [6.45, 7) is 1.32. The third-order valence-corrected chi connectivity index (χ3v) is 2.14. The van der Waals surface area contributed by atoms with Gasteiger partial charge in [0.2, 0.25) is 12.6 Å². The maximum Gasteiger partial charge on any atom is 0.308 e. The normalized spacial score (nSPS) is 37.0. The molecule has 2 saturated heterocycles. The highest BCUT2D eigenvalue weighted by atomic mass is 16.8. The van der Waals surface area contributed by atoms with Gasteiger partial charge in [-0.15, -0.1) is 0 Å². The van der Waals surface area contributed by atoms with Crippen molar-refractivity contribution < 1.29 is 23.8 Å². The molecule has 3 atom stereocenters. The van der Waals surface area contributed by atoms with E-state index in [0.717, 1.165) is 0 Å². The topological polar surface area (TPSA) is 61.8 Å². The molecule has 72 valence electrons. The molecule has 0 unspecified atom stereocenters. The molecule has 0 saturated carbocycles. The Hall–Kier alpha value is -1.10. The van der Waals surface area contributed by atoms with Crippen LogP contribution in [0.4, 0.5) is 0 Å². The molecule has 0 aliphatic carbocycles. The molecule has 2 aliphatic rings. The Morgan fingerprint density at radius 3 is 3.00 bits per heavy atom. The lowest BCUT2D eigenvalue weighted by molar-refractivity contribution is -0.203. The van der Waals surface area contributed by atoms with Crippen LogP contribution in [-0.4, -0.2) is 24.5 Å². The van der Waals surface area contributed by atoms with E-state index in [1.807, 2.05) is 0 Å². The van der Waals surface area contributed by atoms with Crippen molar-refractivity contribution in [2.24, 2.45) is 5.92 Å². The summed E-state index contributed by atoms with van der Waals surface area (Å²) in [5.74, 6) is -0.565. The Kier molecular flexibility index (Phi) is 1.95. The van der Waals surface area contributed by atoms with Crippen molar-refractivity contribution in [2.45, 2.75) is 32.3 Å². The first-order valence-electron chi connectivity index (χ1n) is 4.17. The van der Waals surface area contributed by atoms with Crippen LogP contribution >= 0.6 is 0 Å². The molecule has 0 amide bonds. The summed E-state index contributed by atoms with van der Waals surface area (Å²) in [6.07, 6.45) is -0.129. The van der Waals surface area contributed by atoms with Crippen LogP contribution in [0, 0.1) is 5.92 Å². The summed E-state index contributed by atoms with van der Waals surface area (Å²) in [5.41, 5.74) is 0. The van der Waals surface area contributed by atoms with Crippen molar-refractivity contribution in [3.8, 4) is 0 Å². The van der Waals surface area contributed by atoms with Crippen LogP contribution in [0.2, 0.25) is 0 Å². The lowest BCUT2D eigenvalue weighted by Crippen LogP contribution is -2.18. The fourth-order valence-corrected chi connectivity index (χ4v) is 1.63. The Morgan fingerprint density at radius 1 is 1.62 bits per heavy atom. The van der Waals surface area contributed by atoms with Crippen molar-refractivity contribution in [3.05, 3.63) is 0 Å². The van der Waals surface area contributed by atoms with Crippen LogP contribution in [0.1, 0.15) is 19.8 Å². The van der Waals surface area contributed by atoms with Crippen molar-refractivity contribution in [1.82, 2.24) is 0 Å². The van der Waals surface area contributed by atoms with Crippen LogP contribution < -0.4 is 0 Å². The summed E-state index contributed by atoms with van der Waals surface area (Å²) < 4.78 is 14.9. The Labute approximate surface area is 74.9 Å². The van der Waals surface area contributed by atoms with Crippen LogP contribution in [0.15, 0.2) is 0 Å². The number of rotatable bonds is 1. The van der Waals surface area contributed by atoms with E-state index in [0.29, 0.717) is 12.8 Å². The predicted molar refractivity (Wildman–Crippen MR) is 39.2 cm³/mol. The number of ether oxygens (including phenoxy) is 3. The molecule has 0 bridgehead atoms. The van der Waals surface area contributed by atoms with Gasteiger partial charge in [-0.05, 0) is 0 Å². The smallest absolute Gasteiger partial charge is 0.308 e. The fourth-order valence-electron chi connectivity index (χ4n) is 1.63. The third-order valence-electron chi connectivity index (χ3n) is 2.14. The second-order valence-corrected chi connectivity index (χ2v) is 3.23. The molecule has 0 spiro atoms. The highest BCUT2D eigenvalue weighted by Crippen LogP contribution is 2.35. The monoisotopic (exact) mass is 186 g/mol. The maximum absolute atomic E-state index is 10.8. The molecule has 0 aromatic heterocycles. The van der Waals surface area contributed by atoms with Gasteiger partial charge in [-0.2, -0.15) is 0 Å². The molecule has 0 aromatic carbocycles. The quantitative estimate of drug-likeness (QED) is 0.547. The third kappa shape index (κ3) is 1.65. The first-order valence-corrected chi connectivity index (χ1v) is 4.17. The van der Waals surface area contributed by atoms with Crippen LogP contribution in [0.3, 0.4) is 0 Å². The van der Waals surface area contributed by atoms with Gasteiger partial charge in [0.15, 0.2) is 0 Å². The second-order valence-electron chi connectivity index (χ2n) is 3.23. The zero-order valence-corrected chi connectivity index (χ0v) is 7.19. The Bertz CT molecular complexity index is 233. The summed E-state index contributed by atoms with van der Waals surface area (Å²) in [4.78, 5) is 21.3. The van der Waals surface area contributed by atoms with Gasteiger partial charge < -0.3 is 14.2 Å². The molecule has 13 heavy (non-hydrogen) atoms. The molecule has 2 fully saturated rings. The van der Waals surface area contributed by atoms with Crippen molar-refractivity contribution >= 4 is 11.9 Å². The predicted octanol–water partition coefficient (Wildman–Crippen LogP) is 0.185. The van der Waals surface area contributed by atoms with E-state index in [1.54, 1.807) is 0 Å². The summed E-state index contributed by atoms with van der Waals surface area (Å²) in [7, 11) is 0. The van der Waals surface area contributed by atoms with Crippen molar-refractivity contribution in [3.63, 3.8) is 0 Å². The first-order chi connectivity index (χ1) is 6.15. The number of esters is 2. The largest absolute Gasteiger partial charge is 0.436 e. The second kappa shape index (κ2) is 2.99. The standard InChI is InChI=1S/C8H10O5/c1-4(9)11-7-3-5-2-6(10)12-8(5)13-7/h5,7-8H,2-3H2,1H3/t5-,7-,8+/m1/s1. The van der Waals surface area contributed by atoms with E-state index in [4.69, 9.17) is 14.2 Å². The minimum atomic E-state index is -0.541. The van der Waals surface area contributed by atoms with Gasteiger partial charge in [0.05, 0.1) is 6.42 Å². The number of hydrogen-bond acceptors (Lipinski definition) is 5. The van der Waals surface area contributed by atoms with Crippen LogP contribution in [0.5, 0.6) is 0 Å². The minimum absolute atomic E-state index is 0.0526. The molecular formula is C8H10O5. The van der Waals surface area contributed by atoms with E-state index in [1.165, 1.54) is 6.92 Å². The zero-order chi connectivity index (χ0) is 9.42. The lowest BCUT2D eigenvalue weighted by Gasteiger charge is -2.11. The Balaban J connectivity index is 1.90. The molecule has 5 nitrogen and oxygen atoms in total. The molecule has 2 aliphatic heterocycles. The van der Waals surface area contributed by atoms with E-state index in [9.17, 15) is 9.59 Å². The van der Waals surface area contributed by atoms with E-state index in [2.05, 4.69) is 0 Å². The summed E-state index contributed by atoms with van der Waals surface area (Å²) >= 11 is 0. The van der Waals surface area contributed by atoms with Gasteiger partial charge in [0, 0.05) is 19.3 Å². The average molecular weight is 186 g/mol. The Morgan fingerprint density at radius 2 is 2.38 bits per heavy atom. The van der Waals surface area contributed by atoms with Crippen LogP contribution in [-0.2, 0) is 23.8 Å². The SMILES string of the molecule is CC(=O)O[C@H]1C[C@H]2CC(=O)O[C@H]2O1. The van der Waals surface area contributed by atoms with E-state index >= 15 is 0 Å². The molecular weight excluding hydrogens is 176 g/mol. The van der Waals surface area contributed by atoms with Gasteiger partial charge in [-0.1, -0.05) is 0 Å². The first kappa shape index (κ1) is 8.50. The molecule has 2 rings (SSSR count). The summed E-state index contributed by atoms with van der Waals surface area (Å²) in [6, 6.07) is 0. The number of carbonyl (C=O) groups excluding carboxylic acids is 2. The molecule has 0 radical (unpaired) electrons. The number of carbonyl (C=O) groups is 2. The van der Waals surface area contributed by atoms with Gasteiger partial charge in [-0.25, -0.2) is 0 Å². The van der Waals surface area contributed by atoms with Crippen molar-refractivity contribution in [1.29, 1.82) is 0 Å². The van der Waals surface area contributed by atoms with E-state index < -0.39 is 12.6 Å². The molecule has 0 N–H and O–H groups in total. The van der Waals surface area contributed by atoms with Gasteiger partial charge >= 0.3 is 11.9 Å². The highest BCUT2D eigenvalue weighted by molar-refractivity contribution is 5.72. The highest BCUT2D eigenvalue weighted by Gasteiger charge is 2.45. The van der Waals surface area contributed by atoms with E-state index in [-0.39, 0.29) is 17.9 Å². The molecule has 2 heterocycles. The maximum atomic E-state index is 10.8. The van der Waals surface area contributed by atoms with Gasteiger partial charge in [-0.3, -0.25) is 9.59 Å². The molecule has 0 aromatic rings. The summed E-state index contributed by atoms with van der Waals surface area (Å²) in [5, 5.41) is 0. The van der Waals surface area contributed by atoms with Crippen molar-refractivity contribution in [2.75, 3.05) is 0 Å². The average Bonchev–Trinajstić information content (AvgIpc) is 2.41. The molecule has 5 heteroatoms. The van der Waals surface area contributed by atoms with Gasteiger partial charge in [0.1, 0.15) is 0 Å². The fraction of sp³-hybridized carbons (Fsp3) is 0.750.